The molecule has 0 aliphatic rings. The number of thiazole rings is 1. The van der Waals surface area contributed by atoms with Gasteiger partial charge in [-0.1, -0.05) is 28.9 Å². The molecule has 7 heteroatoms. The maximum Gasteiger partial charge on any atom is 0.433 e. The Kier molecular flexibility index (Phi) is 5.51. The maximum atomic E-state index is 11.3. The van der Waals surface area contributed by atoms with Crippen molar-refractivity contribution >= 4 is 34.7 Å². The molecule has 2 rings (SSSR count). The summed E-state index contributed by atoms with van der Waals surface area (Å²) >= 11 is 7.39. The van der Waals surface area contributed by atoms with Crippen LogP contribution in [-0.2, 0) is 4.84 Å². The number of amides is 1. The molecule has 0 aliphatic heterocycles. The molecule has 0 saturated carbocycles. The first-order valence-corrected chi connectivity index (χ1v) is 7.94. The summed E-state index contributed by atoms with van der Waals surface area (Å²) in [4.78, 5) is 21.5. The Morgan fingerprint density at radius 1 is 1.41 bits per heavy atom. The Hall–Kier alpha value is -1.92. The molecule has 1 N–H and O–H groups in total. The van der Waals surface area contributed by atoms with Crippen molar-refractivity contribution in [3.05, 3.63) is 39.9 Å². The molecule has 22 heavy (non-hydrogen) atoms. The summed E-state index contributed by atoms with van der Waals surface area (Å²) in [5, 5.41) is 7.92. The molecule has 1 heterocycles. The molecule has 1 aromatic heterocycles. The zero-order valence-electron chi connectivity index (χ0n) is 12.5. The van der Waals surface area contributed by atoms with E-state index < -0.39 is 6.09 Å². The standard InChI is InChI=1S/C15H16ClN3O2S/c1-4-17-15(20)21-19-10(3)13-9(2)18-14(22-13)11-5-7-12(16)8-6-11/h5-8H,4H2,1-3H3,(H,17,20). The topological polar surface area (TPSA) is 63.6 Å². The lowest BCUT2D eigenvalue weighted by Gasteiger charge is -2.00. The van der Waals surface area contributed by atoms with E-state index in [-0.39, 0.29) is 0 Å². The van der Waals surface area contributed by atoms with Crippen LogP contribution in [0.3, 0.4) is 0 Å². The van der Waals surface area contributed by atoms with Crippen LogP contribution in [0, 0.1) is 6.92 Å². The molecule has 0 spiro atoms. The van der Waals surface area contributed by atoms with Gasteiger partial charge in [0.25, 0.3) is 0 Å². The van der Waals surface area contributed by atoms with Gasteiger partial charge >= 0.3 is 6.09 Å². The average molecular weight is 338 g/mol. The van der Waals surface area contributed by atoms with E-state index in [0.29, 0.717) is 17.3 Å². The SMILES string of the molecule is CCNC(=O)ON=C(C)c1sc(-c2ccc(Cl)cc2)nc1C. The number of benzene rings is 1. The van der Waals surface area contributed by atoms with Crippen LogP contribution in [-0.4, -0.2) is 23.3 Å². The smallest absolute Gasteiger partial charge is 0.320 e. The number of nitrogens with zero attached hydrogens (tertiary/aromatic N) is 2. The van der Waals surface area contributed by atoms with E-state index in [0.717, 1.165) is 21.1 Å². The molecule has 0 radical (unpaired) electrons. The van der Waals surface area contributed by atoms with Crippen molar-refractivity contribution in [2.45, 2.75) is 20.8 Å². The molecule has 0 atom stereocenters. The predicted molar refractivity (Wildman–Crippen MR) is 89.7 cm³/mol. The lowest BCUT2D eigenvalue weighted by molar-refractivity contribution is 0.151. The van der Waals surface area contributed by atoms with Crippen molar-refractivity contribution in [1.29, 1.82) is 0 Å². The molecule has 1 aromatic carbocycles. The number of carbonyl (C=O) groups is 1. The third kappa shape index (κ3) is 4.05. The van der Waals surface area contributed by atoms with Crippen LogP contribution >= 0.6 is 22.9 Å². The van der Waals surface area contributed by atoms with Gasteiger partial charge in [-0.2, -0.15) is 0 Å². The van der Waals surface area contributed by atoms with Gasteiger partial charge < -0.3 is 5.32 Å². The minimum Gasteiger partial charge on any atom is -0.320 e. The van der Waals surface area contributed by atoms with E-state index in [1.807, 2.05) is 38.1 Å². The molecule has 5 nitrogen and oxygen atoms in total. The number of oxime groups is 1. The first-order valence-electron chi connectivity index (χ1n) is 6.74. The van der Waals surface area contributed by atoms with Gasteiger partial charge in [0.05, 0.1) is 16.3 Å². The third-order valence-electron chi connectivity index (χ3n) is 2.80. The predicted octanol–water partition coefficient (Wildman–Crippen LogP) is 4.24. The molecule has 0 aliphatic carbocycles. The van der Waals surface area contributed by atoms with Crippen molar-refractivity contribution in [2.24, 2.45) is 5.16 Å². The van der Waals surface area contributed by atoms with E-state index in [4.69, 9.17) is 16.4 Å². The minimum atomic E-state index is -0.568. The summed E-state index contributed by atoms with van der Waals surface area (Å²) in [7, 11) is 0. The number of hydrogen-bond donors (Lipinski definition) is 1. The summed E-state index contributed by atoms with van der Waals surface area (Å²) in [6, 6.07) is 7.49. The first kappa shape index (κ1) is 16.5. The number of nitrogens with one attached hydrogen (secondary N) is 1. The number of rotatable bonds is 4. The first-order chi connectivity index (χ1) is 10.5. The van der Waals surface area contributed by atoms with Gasteiger partial charge in [-0.05, 0) is 32.9 Å². The molecule has 0 unspecified atom stereocenters. The van der Waals surface area contributed by atoms with E-state index in [9.17, 15) is 4.79 Å². The van der Waals surface area contributed by atoms with E-state index in [1.54, 1.807) is 6.92 Å². The highest BCUT2D eigenvalue weighted by Gasteiger charge is 2.13. The summed E-state index contributed by atoms with van der Waals surface area (Å²) < 4.78 is 0. The number of halogens is 1. The van der Waals surface area contributed by atoms with Crippen molar-refractivity contribution in [2.75, 3.05) is 6.54 Å². The van der Waals surface area contributed by atoms with Gasteiger partial charge in [0.2, 0.25) is 0 Å². The van der Waals surface area contributed by atoms with Crippen molar-refractivity contribution in [3.8, 4) is 10.6 Å². The second-order valence-corrected chi connectivity index (χ2v) is 5.96. The van der Waals surface area contributed by atoms with E-state index in [2.05, 4.69) is 15.5 Å². The van der Waals surface area contributed by atoms with E-state index in [1.165, 1.54) is 11.3 Å². The normalized spacial score (nSPS) is 11.4. The minimum absolute atomic E-state index is 0.494. The van der Waals surface area contributed by atoms with Gasteiger partial charge in [0.1, 0.15) is 5.01 Å². The number of aromatic nitrogens is 1. The molecule has 1 amide bonds. The monoisotopic (exact) mass is 337 g/mol. The molecule has 0 saturated heterocycles. The molecule has 116 valence electrons. The quantitative estimate of drug-likeness (QED) is 0.515. The Labute approximate surface area is 138 Å². The highest BCUT2D eigenvalue weighted by Crippen LogP contribution is 2.29. The van der Waals surface area contributed by atoms with Crippen molar-refractivity contribution in [3.63, 3.8) is 0 Å². The van der Waals surface area contributed by atoms with Crippen molar-refractivity contribution in [1.82, 2.24) is 10.3 Å². The van der Waals surface area contributed by atoms with Gasteiger partial charge in [0.15, 0.2) is 0 Å². The second-order valence-electron chi connectivity index (χ2n) is 4.53. The van der Waals surface area contributed by atoms with Crippen LogP contribution in [0.5, 0.6) is 0 Å². The highest BCUT2D eigenvalue weighted by molar-refractivity contribution is 7.17. The lowest BCUT2D eigenvalue weighted by Crippen LogP contribution is -2.22. The average Bonchev–Trinajstić information content (AvgIpc) is 2.88. The highest BCUT2D eigenvalue weighted by atomic mass is 35.5. The van der Waals surface area contributed by atoms with Crippen LogP contribution in [0.15, 0.2) is 29.4 Å². The lowest BCUT2D eigenvalue weighted by atomic mass is 10.2. The fourth-order valence-corrected chi connectivity index (χ4v) is 2.91. The number of aryl methyl sites for hydroxylation is 1. The van der Waals surface area contributed by atoms with Crippen LogP contribution in [0.25, 0.3) is 10.6 Å². The Bertz CT molecular complexity index is 695. The van der Waals surface area contributed by atoms with Gasteiger partial charge in [-0.25, -0.2) is 9.78 Å². The van der Waals surface area contributed by atoms with Crippen LogP contribution in [0.2, 0.25) is 5.02 Å². The van der Waals surface area contributed by atoms with Crippen LogP contribution in [0.1, 0.15) is 24.4 Å². The summed E-state index contributed by atoms with van der Waals surface area (Å²) in [5.74, 6) is 0. The zero-order valence-corrected chi connectivity index (χ0v) is 14.1. The van der Waals surface area contributed by atoms with Crippen molar-refractivity contribution < 1.29 is 9.63 Å². The Morgan fingerprint density at radius 3 is 2.73 bits per heavy atom. The molecular formula is C15H16ClN3O2S. The fraction of sp³-hybridized carbons (Fsp3) is 0.267. The van der Waals surface area contributed by atoms with Crippen LogP contribution < -0.4 is 5.32 Å². The largest absolute Gasteiger partial charge is 0.433 e. The van der Waals surface area contributed by atoms with E-state index >= 15 is 0 Å². The molecule has 0 fully saturated rings. The van der Waals surface area contributed by atoms with Gasteiger partial charge in [-0.3, -0.25) is 4.84 Å². The summed E-state index contributed by atoms with van der Waals surface area (Å²) in [6.45, 7) is 5.99. The number of hydrogen-bond acceptors (Lipinski definition) is 5. The van der Waals surface area contributed by atoms with Gasteiger partial charge in [0, 0.05) is 17.1 Å². The Balaban J connectivity index is 2.20. The number of carbonyl (C=O) groups excluding carboxylic acids is 1. The fourth-order valence-electron chi connectivity index (χ4n) is 1.78. The van der Waals surface area contributed by atoms with Crippen LogP contribution in [0.4, 0.5) is 4.79 Å². The summed E-state index contributed by atoms with van der Waals surface area (Å²) in [5.41, 5.74) is 2.44. The maximum absolute atomic E-state index is 11.3. The molecule has 2 aromatic rings. The molecule has 0 bridgehead atoms. The van der Waals surface area contributed by atoms with Gasteiger partial charge in [-0.15, -0.1) is 11.3 Å². The second kappa shape index (κ2) is 7.38. The summed E-state index contributed by atoms with van der Waals surface area (Å²) in [6.07, 6.45) is -0.568. The molecular weight excluding hydrogens is 322 g/mol. The Morgan fingerprint density at radius 2 is 2.09 bits per heavy atom. The third-order valence-corrected chi connectivity index (χ3v) is 4.37. The zero-order chi connectivity index (χ0) is 16.1.